The fourth-order valence-electron chi connectivity index (χ4n) is 3.17. The second kappa shape index (κ2) is 7.82. The lowest BCUT2D eigenvalue weighted by atomic mass is 9.77. The number of carbonyl (C=O) groups is 1. The van der Waals surface area contributed by atoms with E-state index in [1.807, 2.05) is 6.92 Å². The van der Waals surface area contributed by atoms with Crippen molar-refractivity contribution in [2.75, 3.05) is 33.4 Å². The van der Waals surface area contributed by atoms with E-state index in [-0.39, 0.29) is 5.91 Å². The van der Waals surface area contributed by atoms with Gasteiger partial charge in [-0.3, -0.25) is 9.69 Å². The van der Waals surface area contributed by atoms with Gasteiger partial charge in [0, 0.05) is 19.7 Å². The Labute approximate surface area is 116 Å². The van der Waals surface area contributed by atoms with E-state index >= 15 is 0 Å². The quantitative estimate of drug-likeness (QED) is 0.683. The van der Waals surface area contributed by atoms with Crippen LogP contribution in [0.5, 0.6) is 0 Å². The molecule has 1 aliphatic rings. The molecule has 2 atom stereocenters. The summed E-state index contributed by atoms with van der Waals surface area (Å²) in [6.45, 7) is 7.59. The molecule has 0 heterocycles. The molecule has 0 spiro atoms. The minimum Gasteiger partial charge on any atom is -0.383 e. The lowest BCUT2D eigenvalue weighted by Gasteiger charge is -2.43. The summed E-state index contributed by atoms with van der Waals surface area (Å²) in [7, 11) is 1.72. The molecule has 0 aromatic heterocycles. The molecular weight excluding hydrogens is 242 g/mol. The second-order valence-corrected chi connectivity index (χ2v) is 5.35. The molecule has 1 fully saturated rings. The number of ether oxygens (including phenoxy) is 1. The predicted octanol–water partition coefficient (Wildman–Crippen LogP) is 0.731. The van der Waals surface area contributed by atoms with Crippen LogP contribution in [-0.4, -0.2) is 55.7 Å². The number of methoxy groups -OCH3 is 1. The smallest absolute Gasteiger partial charge is 0.237 e. The van der Waals surface area contributed by atoms with Crippen molar-refractivity contribution in [1.82, 2.24) is 10.2 Å². The van der Waals surface area contributed by atoms with Gasteiger partial charge in [-0.2, -0.15) is 0 Å². The van der Waals surface area contributed by atoms with Crippen molar-refractivity contribution in [1.29, 1.82) is 0 Å². The monoisotopic (exact) mass is 271 g/mol. The molecule has 5 heteroatoms. The number of likely N-dealkylation sites (N-methyl/N-ethyl adjacent to an activating group) is 2. The van der Waals surface area contributed by atoms with Crippen molar-refractivity contribution in [3.8, 4) is 0 Å². The number of hydrogen-bond donors (Lipinski definition) is 2. The Morgan fingerprint density at radius 1 is 1.53 bits per heavy atom. The molecule has 0 aromatic rings. The molecule has 112 valence electrons. The molecule has 0 saturated heterocycles. The average Bonchev–Trinajstić information content (AvgIpc) is 2.40. The van der Waals surface area contributed by atoms with E-state index in [2.05, 4.69) is 17.1 Å². The highest BCUT2D eigenvalue weighted by molar-refractivity contribution is 5.84. The number of rotatable bonds is 8. The van der Waals surface area contributed by atoms with Crippen molar-refractivity contribution in [2.45, 2.75) is 51.1 Å². The van der Waals surface area contributed by atoms with Crippen LogP contribution < -0.4 is 11.1 Å². The molecule has 1 amide bonds. The van der Waals surface area contributed by atoms with Gasteiger partial charge in [-0.1, -0.05) is 13.8 Å². The van der Waals surface area contributed by atoms with Crippen LogP contribution in [0, 0.1) is 0 Å². The summed E-state index contributed by atoms with van der Waals surface area (Å²) in [6, 6.07) is 0.417. The van der Waals surface area contributed by atoms with Crippen LogP contribution in [0.3, 0.4) is 0 Å². The molecule has 0 aromatic carbocycles. The molecule has 5 nitrogen and oxygen atoms in total. The SMILES string of the molecule is CCNC1(C(N)=O)CCCC(N(CC)CCOC)C1. The minimum absolute atomic E-state index is 0.207. The number of nitrogens with zero attached hydrogens (tertiary/aromatic N) is 1. The predicted molar refractivity (Wildman–Crippen MR) is 77.0 cm³/mol. The van der Waals surface area contributed by atoms with Gasteiger partial charge in [-0.25, -0.2) is 0 Å². The molecule has 1 rings (SSSR count). The Morgan fingerprint density at radius 3 is 2.79 bits per heavy atom. The van der Waals surface area contributed by atoms with E-state index in [0.717, 1.165) is 51.9 Å². The van der Waals surface area contributed by atoms with Crippen LogP contribution in [0.15, 0.2) is 0 Å². The summed E-state index contributed by atoms with van der Waals surface area (Å²) in [4.78, 5) is 14.3. The third-order valence-corrected chi connectivity index (χ3v) is 4.22. The summed E-state index contributed by atoms with van der Waals surface area (Å²) >= 11 is 0. The van der Waals surface area contributed by atoms with E-state index in [4.69, 9.17) is 10.5 Å². The lowest BCUT2D eigenvalue weighted by Crippen LogP contribution is -2.60. The summed E-state index contributed by atoms with van der Waals surface area (Å²) < 4.78 is 5.16. The van der Waals surface area contributed by atoms with Crippen molar-refractivity contribution < 1.29 is 9.53 Å². The molecule has 2 unspecified atom stereocenters. The Hall–Kier alpha value is -0.650. The highest BCUT2D eigenvalue weighted by Gasteiger charge is 2.41. The topological polar surface area (TPSA) is 67.6 Å². The van der Waals surface area contributed by atoms with Gasteiger partial charge in [0.2, 0.25) is 5.91 Å². The van der Waals surface area contributed by atoms with E-state index in [1.54, 1.807) is 7.11 Å². The zero-order valence-corrected chi connectivity index (χ0v) is 12.6. The first kappa shape index (κ1) is 16.4. The van der Waals surface area contributed by atoms with Crippen LogP contribution in [0.4, 0.5) is 0 Å². The maximum absolute atomic E-state index is 11.9. The number of hydrogen-bond acceptors (Lipinski definition) is 4. The van der Waals surface area contributed by atoms with Gasteiger partial charge < -0.3 is 15.8 Å². The van der Waals surface area contributed by atoms with E-state index < -0.39 is 5.54 Å². The van der Waals surface area contributed by atoms with Crippen LogP contribution >= 0.6 is 0 Å². The third-order valence-electron chi connectivity index (χ3n) is 4.22. The molecule has 0 aliphatic heterocycles. The molecule has 1 aliphatic carbocycles. The molecule has 19 heavy (non-hydrogen) atoms. The Balaban J connectivity index is 2.72. The number of amides is 1. The second-order valence-electron chi connectivity index (χ2n) is 5.35. The third kappa shape index (κ3) is 4.16. The highest BCUT2D eigenvalue weighted by Crippen LogP contribution is 2.31. The lowest BCUT2D eigenvalue weighted by molar-refractivity contribution is -0.126. The zero-order valence-electron chi connectivity index (χ0n) is 12.6. The van der Waals surface area contributed by atoms with Crippen LogP contribution in [0.1, 0.15) is 39.5 Å². The summed E-state index contributed by atoms with van der Waals surface area (Å²) in [5.74, 6) is -0.207. The van der Waals surface area contributed by atoms with E-state index in [1.165, 1.54) is 0 Å². The van der Waals surface area contributed by atoms with E-state index in [0.29, 0.717) is 6.04 Å². The zero-order chi connectivity index (χ0) is 14.3. The van der Waals surface area contributed by atoms with Crippen molar-refractivity contribution in [2.24, 2.45) is 5.73 Å². The van der Waals surface area contributed by atoms with Crippen molar-refractivity contribution in [3.63, 3.8) is 0 Å². The Bertz CT molecular complexity index is 282. The number of nitrogens with two attached hydrogens (primary N) is 1. The Morgan fingerprint density at radius 2 is 2.26 bits per heavy atom. The summed E-state index contributed by atoms with van der Waals surface area (Å²) in [6.07, 6.45) is 3.85. The highest BCUT2D eigenvalue weighted by atomic mass is 16.5. The molecule has 0 radical (unpaired) electrons. The van der Waals surface area contributed by atoms with Crippen molar-refractivity contribution >= 4 is 5.91 Å². The maximum Gasteiger partial charge on any atom is 0.237 e. The molecule has 0 bridgehead atoms. The largest absolute Gasteiger partial charge is 0.383 e. The van der Waals surface area contributed by atoms with Gasteiger partial charge in [0.25, 0.3) is 0 Å². The number of nitrogens with one attached hydrogen (secondary N) is 1. The average molecular weight is 271 g/mol. The van der Waals surface area contributed by atoms with Gasteiger partial charge >= 0.3 is 0 Å². The first-order valence-corrected chi connectivity index (χ1v) is 7.37. The summed E-state index contributed by atoms with van der Waals surface area (Å²) in [5.41, 5.74) is 5.13. The van der Waals surface area contributed by atoms with Gasteiger partial charge in [0.15, 0.2) is 0 Å². The van der Waals surface area contributed by atoms with Crippen LogP contribution in [-0.2, 0) is 9.53 Å². The van der Waals surface area contributed by atoms with Crippen LogP contribution in [0.2, 0.25) is 0 Å². The molecule has 1 saturated carbocycles. The maximum atomic E-state index is 11.9. The normalized spacial score (nSPS) is 27.7. The molecular formula is C14H29N3O2. The standard InChI is InChI=1S/C14H29N3O2/c1-4-16-14(13(15)18)8-6-7-12(11-14)17(5-2)9-10-19-3/h12,16H,4-11H2,1-3H3,(H2,15,18). The summed E-state index contributed by atoms with van der Waals surface area (Å²) in [5, 5.41) is 3.33. The van der Waals surface area contributed by atoms with Gasteiger partial charge in [0.1, 0.15) is 0 Å². The van der Waals surface area contributed by atoms with Gasteiger partial charge in [-0.05, 0) is 38.8 Å². The van der Waals surface area contributed by atoms with Crippen LogP contribution in [0.25, 0.3) is 0 Å². The van der Waals surface area contributed by atoms with Crippen molar-refractivity contribution in [3.05, 3.63) is 0 Å². The minimum atomic E-state index is -0.516. The Kier molecular flexibility index (Phi) is 6.75. The fourth-order valence-corrected chi connectivity index (χ4v) is 3.17. The van der Waals surface area contributed by atoms with Gasteiger partial charge in [0.05, 0.1) is 12.1 Å². The van der Waals surface area contributed by atoms with Gasteiger partial charge in [-0.15, -0.1) is 0 Å². The van der Waals surface area contributed by atoms with E-state index in [9.17, 15) is 4.79 Å². The first-order chi connectivity index (χ1) is 9.09. The fraction of sp³-hybridized carbons (Fsp3) is 0.929. The number of primary amides is 1. The molecule has 3 N–H and O–H groups in total. The number of carbonyl (C=O) groups excluding carboxylic acids is 1. The first-order valence-electron chi connectivity index (χ1n) is 7.37.